The Morgan fingerprint density at radius 3 is 2.58 bits per heavy atom. The molecule has 24 heavy (non-hydrogen) atoms. The molecule has 6 heteroatoms. The van der Waals surface area contributed by atoms with Crippen LogP contribution < -0.4 is 5.32 Å². The summed E-state index contributed by atoms with van der Waals surface area (Å²) in [5.41, 5.74) is 1.29. The molecule has 0 aliphatic rings. The van der Waals surface area contributed by atoms with Crippen LogP contribution in [0.2, 0.25) is 0 Å². The molecule has 2 aromatic carbocycles. The van der Waals surface area contributed by atoms with Gasteiger partial charge in [-0.3, -0.25) is 4.79 Å². The summed E-state index contributed by atoms with van der Waals surface area (Å²) in [5, 5.41) is 2.70. The molecule has 0 aliphatic carbocycles. The van der Waals surface area contributed by atoms with Crippen LogP contribution in [0.25, 0.3) is 11.3 Å². The van der Waals surface area contributed by atoms with Gasteiger partial charge in [-0.25, -0.2) is 13.8 Å². The third-order valence-corrected chi connectivity index (χ3v) is 3.46. The summed E-state index contributed by atoms with van der Waals surface area (Å²) in [6.45, 7) is 0.317. The van der Waals surface area contributed by atoms with E-state index in [0.29, 0.717) is 18.5 Å². The van der Waals surface area contributed by atoms with Crippen LogP contribution in [-0.4, -0.2) is 17.4 Å². The molecule has 0 bridgehead atoms. The van der Waals surface area contributed by atoms with Crippen LogP contribution in [0.4, 0.5) is 8.78 Å². The summed E-state index contributed by atoms with van der Waals surface area (Å²) in [6, 6.07) is 11.9. The number of aromatic nitrogens is 1. The molecular formula is C18H14F2N2O2. The van der Waals surface area contributed by atoms with Crippen LogP contribution in [0.15, 0.2) is 59.3 Å². The summed E-state index contributed by atoms with van der Waals surface area (Å²) >= 11 is 0. The second-order valence-electron chi connectivity index (χ2n) is 5.18. The lowest BCUT2D eigenvalue weighted by Crippen LogP contribution is -2.26. The van der Waals surface area contributed by atoms with Gasteiger partial charge in [-0.05, 0) is 36.2 Å². The lowest BCUT2D eigenvalue weighted by atomic mass is 10.1. The molecule has 0 spiro atoms. The van der Waals surface area contributed by atoms with Crippen LogP contribution in [0.1, 0.15) is 16.1 Å². The van der Waals surface area contributed by atoms with Crippen LogP contribution in [0.5, 0.6) is 0 Å². The first kappa shape index (κ1) is 15.9. The zero-order chi connectivity index (χ0) is 16.9. The van der Waals surface area contributed by atoms with Gasteiger partial charge in [-0.1, -0.05) is 24.3 Å². The second kappa shape index (κ2) is 7.04. The smallest absolute Gasteiger partial charge is 0.273 e. The van der Waals surface area contributed by atoms with Crippen LogP contribution in [-0.2, 0) is 6.42 Å². The fourth-order valence-corrected chi connectivity index (χ4v) is 2.34. The van der Waals surface area contributed by atoms with Crippen molar-refractivity contribution in [3.8, 4) is 11.3 Å². The Labute approximate surface area is 137 Å². The molecule has 122 valence electrons. The number of nitrogens with one attached hydrogen (secondary N) is 1. The van der Waals surface area contributed by atoms with E-state index in [0.717, 1.165) is 12.0 Å². The van der Waals surface area contributed by atoms with E-state index in [1.165, 1.54) is 30.3 Å². The monoisotopic (exact) mass is 328 g/mol. The standard InChI is InChI=1S/C18H14F2N2O2/c19-14-5-1-3-12(9-14)7-8-21-18(23)16-17(24-11-22-16)13-4-2-6-15(20)10-13/h1-6,9-11H,7-8H2,(H,21,23). The SMILES string of the molecule is O=C(NCCc1cccc(F)c1)c1ncoc1-c1cccc(F)c1. The van der Waals surface area contributed by atoms with Gasteiger partial charge >= 0.3 is 0 Å². The van der Waals surface area contributed by atoms with Gasteiger partial charge in [-0.15, -0.1) is 0 Å². The Morgan fingerprint density at radius 2 is 1.83 bits per heavy atom. The molecule has 0 saturated heterocycles. The number of benzene rings is 2. The van der Waals surface area contributed by atoms with E-state index in [2.05, 4.69) is 10.3 Å². The Morgan fingerprint density at radius 1 is 1.08 bits per heavy atom. The van der Waals surface area contributed by atoms with Gasteiger partial charge in [0, 0.05) is 12.1 Å². The minimum absolute atomic E-state index is 0.0832. The van der Waals surface area contributed by atoms with Crippen molar-refractivity contribution in [1.29, 1.82) is 0 Å². The molecule has 0 radical (unpaired) electrons. The molecule has 0 aliphatic heterocycles. The van der Waals surface area contributed by atoms with Crippen molar-refractivity contribution in [2.45, 2.75) is 6.42 Å². The number of carbonyl (C=O) groups excluding carboxylic acids is 1. The number of amides is 1. The highest BCUT2D eigenvalue weighted by atomic mass is 19.1. The maximum atomic E-state index is 13.3. The molecule has 1 heterocycles. The normalized spacial score (nSPS) is 10.6. The zero-order valence-corrected chi connectivity index (χ0v) is 12.6. The molecule has 0 fully saturated rings. The fourth-order valence-electron chi connectivity index (χ4n) is 2.34. The van der Waals surface area contributed by atoms with Crippen LogP contribution in [0, 0.1) is 11.6 Å². The van der Waals surface area contributed by atoms with E-state index < -0.39 is 11.7 Å². The number of nitrogens with zero attached hydrogens (tertiary/aromatic N) is 1. The summed E-state index contributed by atoms with van der Waals surface area (Å²) in [4.78, 5) is 16.1. The third-order valence-electron chi connectivity index (χ3n) is 3.46. The highest BCUT2D eigenvalue weighted by Crippen LogP contribution is 2.23. The van der Waals surface area contributed by atoms with Crippen LogP contribution >= 0.6 is 0 Å². The van der Waals surface area contributed by atoms with E-state index in [1.807, 2.05) is 0 Å². The zero-order valence-electron chi connectivity index (χ0n) is 12.6. The Bertz CT molecular complexity index is 861. The lowest BCUT2D eigenvalue weighted by Gasteiger charge is -2.05. The number of oxazole rings is 1. The Hall–Kier alpha value is -3.02. The van der Waals surface area contributed by atoms with E-state index >= 15 is 0 Å². The van der Waals surface area contributed by atoms with Crippen molar-refractivity contribution in [2.75, 3.05) is 6.54 Å². The van der Waals surface area contributed by atoms with Crippen molar-refractivity contribution in [3.63, 3.8) is 0 Å². The number of hydrogen-bond donors (Lipinski definition) is 1. The predicted molar refractivity (Wildman–Crippen MR) is 84.3 cm³/mol. The first-order valence-corrected chi connectivity index (χ1v) is 7.35. The number of rotatable bonds is 5. The van der Waals surface area contributed by atoms with Gasteiger partial charge in [0.05, 0.1) is 0 Å². The van der Waals surface area contributed by atoms with Crippen LogP contribution in [0.3, 0.4) is 0 Å². The number of halogens is 2. The van der Waals surface area contributed by atoms with E-state index in [9.17, 15) is 13.6 Å². The average molecular weight is 328 g/mol. The Kier molecular flexibility index (Phi) is 4.65. The molecule has 1 amide bonds. The first-order valence-electron chi connectivity index (χ1n) is 7.35. The molecule has 0 atom stereocenters. The highest BCUT2D eigenvalue weighted by molar-refractivity contribution is 5.97. The quantitative estimate of drug-likeness (QED) is 0.779. The van der Waals surface area contributed by atoms with E-state index in [-0.39, 0.29) is 17.3 Å². The molecular weight excluding hydrogens is 314 g/mol. The fraction of sp³-hybridized carbons (Fsp3) is 0.111. The summed E-state index contributed by atoms with van der Waals surface area (Å²) < 4.78 is 31.6. The molecule has 4 nitrogen and oxygen atoms in total. The number of hydrogen-bond acceptors (Lipinski definition) is 3. The van der Waals surface area contributed by atoms with Crippen molar-refractivity contribution in [2.24, 2.45) is 0 Å². The largest absolute Gasteiger partial charge is 0.443 e. The average Bonchev–Trinajstić information content (AvgIpc) is 3.04. The van der Waals surface area contributed by atoms with Gasteiger partial charge in [0.15, 0.2) is 17.8 Å². The number of carbonyl (C=O) groups is 1. The van der Waals surface area contributed by atoms with E-state index in [1.54, 1.807) is 18.2 Å². The molecule has 1 N–H and O–H groups in total. The minimum Gasteiger partial charge on any atom is -0.443 e. The molecule has 0 saturated carbocycles. The van der Waals surface area contributed by atoms with Crippen molar-refractivity contribution < 1.29 is 18.0 Å². The van der Waals surface area contributed by atoms with E-state index in [4.69, 9.17) is 4.42 Å². The minimum atomic E-state index is -0.431. The summed E-state index contributed by atoms with van der Waals surface area (Å²) in [6.07, 6.45) is 1.62. The second-order valence-corrected chi connectivity index (χ2v) is 5.18. The first-order chi connectivity index (χ1) is 11.6. The predicted octanol–water partition coefficient (Wildman–Crippen LogP) is 3.59. The lowest BCUT2D eigenvalue weighted by molar-refractivity contribution is 0.0950. The van der Waals surface area contributed by atoms with Gasteiger partial charge in [0.1, 0.15) is 11.6 Å². The molecule has 0 unspecified atom stereocenters. The maximum Gasteiger partial charge on any atom is 0.273 e. The van der Waals surface area contributed by atoms with Gasteiger partial charge in [0.25, 0.3) is 5.91 Å². The molecule has 1 aromatic heterocycles. The third kappa shape index (κ3) is 3.65. The van der Waals surface area contributed by atoms with Crippen molar-refractivity contribution >= 4 is 5.91 Å². The highest BCUT2D eigenvalue weighted by Gasteiger charge is 2.18. The molecule has 3 aromatic rings. The summed E-state index contributed by atoms with van der Waals surface area (Å²) in [5.74, 6) is -0.970. The Balaban J connectivity index is 1.67. The van der Waals surface area contributed by atoms with Gasteiger partial charge in [0.2, 0.25) is 0 Å². The summed E-state index contributed by atoms with van der Waals surface area (Å²) in [7, 11) is 0. The topological polar surface area (TPSA) is 55.1 Å². The van der Waals surface area contributed by atoms with Crippen molar-refractivity contribution in [3.05, 3.63) is 77.8 Å². The maximum absolute atomic E-state index is 13.3. The van der Waals surface area contributed by atoms with Gasteiger partial charge in [-0.2, -0.15) is 0 Å². The van der Waals surface area contributed by atoms with Crippen molar-refractivity contribution in [1.82, 2.24) is 10.3 Å². The molecule has 3 rings (SSSR count). The van der Waals surface area contributed by atoms with Gasteiger partial charge < -0.3 is 9.73 Å².